The standard InChI is InChI=1S/C18H23NOS/c1-3-19-14(2)17-8-10-18(11-9-17)21-13-16-6-4-15(12-20)5-7-16/h4-11,14,19-20H,3,12-13H2,1-2H3. The molecular formula is C18H23NOS. The number of rotatable bonds is 7. The fourth-order valence-electron chi connectivity index (χ4n) is 2.18. The van der Waals surface area contributed by atoms with Crippen LogP contribution in [-0.2, 0) is 12.4 Å². The summed E-state index contributed by atoms with van der Waals surface area (Å²) in [5, 5.41) is 12.5. The molecule has 0 amide bonds. The predicted octanol–water partition coefficient (Wildman–Crippen LogP) is 4.14. The second-order valence-corrected chi connectivity index (χ2v) is 6.16. The van der Waals surface area contributed by atoms with Gasteiger partial charge >= 0.3 is 0 Å². The predicted molar refractivity (Wildman–Crippen MR) is 90.5 cm³/mol. The lowest BCUT2D eigenvalue weighted by Crippen LogP contribution is -2.17. The molecule has 0 bridgehead atoms. The minimum absolute atomic E-state index is 0.110. The van der Waals surface area contributed by atoms with Gasteiger partial charge in [-0.2, -0.15) is 0 Å². The van der Waals surface area contributed by atoms with Crippen LogP contribution in [0.15, 0.2) is 53.4 Å². The molecule has 0 radical (unpaired) electrons. The highest BCUT2D eigenvalue weighted by atomic mass is 32.2. The van der Waals surface area contributed by atoms with E-state index in [0.717, 1.165) is 17.9 Å². The molecule has 2 rings (SSSR count). The number of aliphatic hydroxyl groups is 1. The van der Waals surface area contributed by atoms with E-state index in [1.54, 1.807) is 0 Å². The zero-order valence-electron chi connectivity index (χ0n) is 12.7. The molecule has 3 heteroatoms. The second kappa shape index (κ2) is 8.23. The Morgan fingerprint density at radius 3 is 2.19 bits per heavy atom. The molecule has 0 aliphatic heterocycles. The van der Waals surface area contributed by atoms with Gasteiger partial charge in [0.25, 0.3) is 0 Å². The van der Waals surface area contributed by atoms with Crippen molar-refractivity contribution in [1.29, 1.82) is 0 Å². The normalized spacial score (nSPS) is 12.3. The molecule has 112 valence electrons. The Labute approximate surface area is 131 Å². The summed E-state index contributed by atoms with van der Waals surface area (Å²) in [6.45, 7) is 5.41. The van der Waals surface area contributed by atoms with Crippen molar-refractivity contribution >= 4 is 11.8 Å². The zero-order chi connectivity index (χ0) is 15.1. The fourth-order valence-corrected chi connectivity index (χ4v) is 3.04. The molecule has 0 heterocycles. The fraction of sp³-hybridized carbons (Fsp3) is 0.333. The molecule has 2 nitrogen and oxygen atoms in total. The summed E-state index contributed by atoms with van der Waals surface area (Å²) < 4.78 is 0. The molecule has 1 atom stereocenters. The smallest absolute Gasteiger partial charge is 0.0681 e. The molecule has 0 aliphatic rings. The summed E-state index contributed by atoms with van der Waals surface area (Å²) in [5.74, 6) is 0.952. The van der Waals surface area contributed by atoms with E-state index in [9.17, 15) is 0 Å². The molecular weight excluding hydrogens is 278 g/mol. The first kappa shape index (κ1) is 16.1. The molecule has 0 spiro atoms. The molecule has 0 saturated carbocycles. The number of aliphatic hydroxyl groups excluding tert-OH is 1. The average Bonchev–Trinajstić information content (AvgIpc) is 2.54. The highest BCUT2D eigenvalue weighted by molar-refractivity contribution is 7.98. The molecule has 1 unspecified atom stereocenters. The van der Waals surface area contributed by atoms with Crippen LogP contribution < -0.4 is 5.32 Å². The van der Waals surface area contributed by atoms with E-state index in [-0.39, 0.29) is 6.61 Å². The largest absolute Gasteiger partial charge is 0.392 e. The Hall–Kier alpha value is -1.29. The van der Waals surface area contributed by atoms with Crippen molar-refractivity contribution in [2.75, 3.05) is 6.54 Å². The van der Waals surface area contributed by atoms with Crippen LogP contribution in [0.25, 0.3) is 0 Å². The first-order valence-electron chi connectivity index (χ1n) is 7.37. The Kier molecular flexibility index (Phi) is 6.30. The molecule has 2 N–H and O–H groups in total. The maximum atomic E-state index is 9.04. The second-order valence-electron chi connectivity index (χ2n) is 5.11. The first-order valence-corrected chi connectivity index (χ1v) is 8.36. The van der Waals surface area contributed by atoms with Gasteiger partial charge in [0.1, 0.15) is 0 Å². The number of hydrogen-bond donors (Lipinski definition) is 2. The number of nitrogens with one attached hydrogen (secondary N) is 1. The summed E-state index contributed by atoms with van der Waals surface area (Å²) in [5.41, 5.74) is 3.57. The lowest BCUT2D eigenvalue weighted by atomic mass is 10.1. The molecule has 0 saturated heterocycles. The van der Waals surface area contributed by atoms with Gasteiger partial charge in [0.15, 0.2) is 0 Å². The number of benzene rings is 2. The van der Waals surface area contributed by atoms with Crippen LogP contribution in [0.2, 0.25) is 0 Å². The molecule has 2 aromatic carbocycles. The number of hydrogen-bond acceptors (Lipinski definition) is 3. The molecule has 0 aromatic heterocycles. The Balaban J connectivity index is 1.90. The summed E-state index contributed by atoms with van der Waals surface area (Å²) in [7, 11) is 0. The van der Waals surface area contributed by atoms with Gasteiger partial charge in [-0.1, -0.05) is 43.3 Å². The van der Waals surface area contributed by atoms with Crippen LogP contribution in [0.1, 0.15) is 36.6 Å². The van der Waals surface area contributed by atoms with Crippen LogP contribution in [0.4, 0.5) is 0 Å². The first-order chi connectivity index (χ1) is 10.2. The molecule has 0 fully saturated rings. The topological polar surface area (TPSA) is 32.3 Å². The van der Waals surface area contributed by atoms with Crippen molar-refractivity contribution in [3.63, 3.8) is 0 Å². The van der Waals surface area contributed by atoms with Crippen molar-refractivity contribution in [2.24, 2.45) is 0 Å². The SMILES string of the molecule is CCNC(C)c1ccc(SCc2ccc(CO)cc2)cc1. The van der Waals surface area contributed by atoms with Gasteiger partial charge in [-0.25, -0.2) is 0 Å². The quantitative estimate of drug-likeness (QED) is 0.754. The van der Waals surface area contributed by atoms with Crippen molar-refractivity contribution in [2.45, 2.75) is 37.1 Å². The van der Waals surface area contributed by atoms with Gasteiger partial charge in [0.05, 0.1) is 6.61 Å². The van der Waals surface area contributed by atoms with E-state index in [2.05, 4.69) is 55.6 Å². The van der Waals surface area contributed by atoms with Gasteiger partial charge in [0.2, 0.25) is 0 Å². The van der Waals surface area contributed by atoms with Gasteiger partial charge in [-0.3, -0.25) is 0 Å². The summed E-state index contributed by atoms with van der Waals surface area (Å²) in [6, 6.07) is 17.3. The minimum Gasteiger partial charge on any atom is -0.392 e. The summed E-state index contributed by atoms with van der Waals surface area (Å²) >= 11 is 1.84. The van der Waals surface area contributed by atoms with Gasteiger partial charge in [0, 0.05) is 16.7 Å². The molecule has 0 aliphatic carbocycles. The average molecular weight is 301 g/mol. The van der Waals surface area contributed by atoms with Crippen LogP contribution >= 0.6 is 11.8 Å². The van der Waals surface area contributed by atoms with Crippen LogP contribution in [-0.4, -0.2) is 11.7 Å². The Bertz CT molecular complexity index is 536. The highest BCUT2D eigenvalue weighted by Crippen LogP contribution is 2.24. The summed E-state index contributed by atoms with van der Waals surface area (Å²) in [4.78, 5) is 1.29. The number of thioether (sulfide) groups is 1. The van der Waals surface area contributed by atoms with E-state index >= 15 is 0 Å². The summed E-state index contributed by atoms with van der Waals surface area (Å²) in [6.07, 6.45) is 0. The Morgan fingerprint density at radius 2 is 1.62 bits per heavy atom. The third kappa shape index (κ3) is 4.88. The van der Waals surface area contributed by atoms with E-state index in [4.69, 9.17) is 5.11 Å². The minimum atomic E-state index is 0.110. The van der Waals surface area contributed by atoms with Crippen LogP contribution in [0, 0.1) is 0 Å². The Morgan fingerprint density at radius 1 is 1.00 bits per heavy atom. The highest BCUT2D eigenvalue weighted by Gasteiger charge is 2.03. The third-order valence-electron chi connectivity index (χ3n) is 3.50. The maximum Gasteiger partial charge on any atom is 0.0681 e. The van der Waals surface area contributed by atoms with Crippen LogP contribution in [0.5, 0.6) is 0 Å². The molecule has 2 aromatic rings. The van der Waals surface area contributed by atoms with Crippen molar-refractivity contribution in [3.8, 4) is 0 Å². The van der Waals surface area contributed by atoms with Crippen molar-refractivity contribution < 1.29 is 5.11 Å². The zero-order valence-corrected chi connectivity index (χ0v) is 13.5. The van der Waals surface area contributed by atoms with E-state index < -0.39 is 0 Å². The molecule has 21 heavy (non-hydrogen) atoms. The van der Waals surface area contributed by atoms with Gasteiger partial charge in [-0.15, -0.1) is 11.8 Å². The monoisotopic (exact) mass is 301 g/mol. The van der Waals surface area contributed by atoms with E-state index in [1.807, 2.05) is 23.9 Å². The maximum absolute atomic E-state index is 9.04. The van der Waals surface area contributed by atoms with E-state index in [1.165, 1.54) is 16.0 Å². The third-order valence-corrected chi connectivity index (χ3v) is 4.58. The van der Waals surface area contributed by atoms with E-state index in [0.29, 0.717) is 6.04 Å². The van der Waals surface area contributed by atoms with Gasteiger partial charge in [-0.05, 0) is 42.3 Å². The lowest BCUT2D eigenvalue weighted by molar-refractivity contribution is 0.282. The van der Waals surface area contributed by atoms with Crippen molar-refractivity contribution in [1.82, 2.24) is 5.32 Å². The van der Waals surface area contributed by atoms with Gasteiger partial charge < -0.3 is 10.4 Å². The van der Waals surface area contributed by atoms with Crippen molar-refractivity contribution in [3.05, 3.63) is 65.2 Å². The van der Waals surface area contributed by atoms with Crippen LogP contribution in [0.3, 0.4) is 0 Å². The lowest BCUT2D eigenvalue weighted by Gasteiger charge is -2.13.